The fourth-order valence-corrected chi connectivity index (χ4v) is 3.91. The Morgan fingerprint density at radius 3 is 2.52 bits per heavy atom. The summed E-state index contributed by atoms with van der Waals surface area (Å²) >= 11 is 1.49. The van der Waals surface area contributed by atoms with E-state index in [0.29, 0.717) is 5.69 Å². The zero-order valence-corrected chi connectivity index (χ0v) is 18.3. The summed E-state index contributed by atoms with van der Waals surface area (Å²) in [6.45, 7) is 3.33. The largest absolute Gasteiger partial charge is 0.418 e. The first-order valence-electron chi connectivity index (χ1n) is 9.75. The van der Waals surface area contributed by atoms with E-state index >= 15 is 0 Å². The molecule has 2 aromatic heterocycles. The molecule has 10 heteroatoms. The minimum atomic E-state index is -4.63. The second-order valence-electron chi connectivity index (χ2n) is 7.21. The van der Waals surface area contributed by atoms with Gasteiger partial charge in [-0.05, 0) is 38.1 Å². The monoisotopic (exact) mass is 470 g/mol. The molecule has 33 heavy (non-hydrogen) atoms. The van der Waals surface area contributed by atoms with Gasteiger partial charge >= 0.3 is 6.18 Å². The molecule has 0 aliphatic heterocycles. The Morgan fingerprint density at radius 1 is 1.06 bits per heavy atom. The number of aromatic nitrogens is 3. The number of benzene rings is 2. The van der Waals surface area contributed by atoms with Gasteiger partial charge in [0, 0.05) is 28.4 Å². The summed E-state index contributed by atoms with van der Waals surface area (Å²) in [5.41, 5.74) is -0.358. The van der Waals surface area contributed by atoms with Gasteiger partial charge in [-0.25, -0.2) is 9.67 Å². The van der Waals surface area contributed by atoms with Crippen LogP contribution in [0.25, 0.3) is 16.9 Å². The minimum Gasteiger partial charge on any atom is -0.320 e. The molecule has 4 aromatic rings. The number of carbonyl (C=O) groups is 1. The van der Waals surface area contributed by atoms with Gasteiger partial charge in [0.1, 0.15) is 0 Å². The lowest BCUT2D eigenvalue weighted by Crippen LogP contribution is -2.27. The molecule has 4 rings (SSSR count). The molecule has 0 bridgehead atoms. The van der Waals surface area contributed by atoms with E-state index < -0.39 is 28.8 Å². The smallest absolute Gasteiger partial charge is 0.320 e. The second kappa shape index (κ2) is 8.62. The van der Waals surface area contributed by atoms with Crippen molar-refractivity contribution in [2.45, 2.75) is 20.0 Å². The highest BCUT2D eigenvalue weighted by Gasteiger charge is 2.34. The third-order valence-corrected chi connectivity index (χ3v) is 5.57. The molecule has 0 unspecified atom stereocenters. The predicted molar refractivity (Wildman–Crippen MR) is 120 cm³/mol. The zero-order valence-electron chi connectivity index (χ0n) is 17.5. The predicted octanol–water partition coefficient (Wildman–Crippen LogP) is 5.24. The number of amides is 1. The van der Waals surface area contributed by atoms with Crippen LogP contribution in [0.2, 0.25) is 0 Å². The summed E-state index contributed by atoms with van der Waals surface area (Å²) in [4.78, 5) is 29.7. The third kappa shape index (κ3) is 4.70. The topological polar surface area (TPSA) is 76.9 Å². The van der Waals surface area contributed by atoms with Crippen LogP contribution in [0.4, 0.5) is 18.9 Å². The van der Waals surface area contributed by atoms with E-state index in [4.69, 9.17) is 0 Å². The highest BCUT2D eigenvalue weighted by atomic mass is 32.1. The number of alkyl halides is 3. The number of hydrogen-bond acceptors (Lipinski definition) is 5. The Hall–Kier alpha value is -3.79. The fourth-order valence-electron chi connectivity index (χ4n) is 3.29. The van der Waals surface area contributed by atoms with Gasteiger partial charge < -0.3 is 5.32 Å². The van der Waals surface area contributed by atoms with Gasteiger partial charge in [-0.15, -0.1) is 11.3 Å². The number of nitrogens with one attached hydrogen (secondary N) is 1. The Labute approximate surface area is 190 Å². The van der Waals surface area contributed by atoms with Crippen molar-refractivity contribution in [1.29, 1.82) is 0 Å². The zero-order chi connectivity index (χ0) is 23.8. The Morgan fingerprint density at radius 2 is 1.82 bits per heavy atom. The summed E-state index contributed by atoms with van der Waals surface area (Å²) in [6.07, 6.45) is -4.63. The van der Waals surface area contributed by atoms with E-state index in [1.165, 1.54) is 36.5 Å². The van der Waals surface area contributed by atoms with Crippen molar-refractivity contribution in [2.75, 3.05) is 5.32 Å². The van der Waals surface area contributed by atoms with E-state index in [2.05, 4.69) is 15.4 Å². The number of halogens is 3. The molecule has 0 atom stereocenters. The maximum absolute atomic E-state index is 13.5. The average Bonchev–Trinajstić information content (AvgIpc) is 3.20. The number of carbonyl (C=O) groups excluding carboxylic acids is 1. The molecule has 0 spiro atoms. The summed E-state index contributed by atoms with van der Waals surface area (Å²) in [5, 5.41) is 9.35. The van der Waals surface area contributed by atoms with Crippen LogP contribution in [-0.2, 0) is 6.18 Å². The van der Waals surface area contributed by atoms with Crippen LogP contribution >= 0.6 is 11.3 Å². The Balaban J connectivity index is 1.70. The van der Waals surface area contributed by atoms with Crippen LogP contribution in [0.15, 0.2) is 64.8 Å². The van der Waals surface area contributed by atoms with E-state index in [1.54, 1.807) is 18.2 Å². The van der Waals surface area contributed by atoms with E-state index in [0.717, 1.165) is 33.1 Å². The highest BCUT2D eigenvalue weighted by Crippen LogP contribution is 2.33. The lowest BCUT2D eigenvalue weighted by molar-refractivity contribution is -0.137. The number of aryl methyl sites for hydroxylation is 2. The van der Waals surface area contributed by atoms with Crippen molar-refractivity contribution in [1.82, 2.24) is 14.8 Å². The summed E-state index contributed by atoms with van der Waals surface area (Å²) < 4.78 is 41.4. The number of nitrogens with zero attached hydrogens (tertiary/aromatic N) is 3. The fraction of sp³-hybridized carbons (Fsp3) is 0.130. The maximum atomic E-state index is 13.5. The van der Waals surface area contributed by atoms with Gasteiger partial charge in [0.25, 0.3) is 5.91 Å². The number of rotatable bonds is 4. The molecule has 0 fully saturated rings. The van der Waals surface area contributed by atoms with Gasteiger partial charge in [-0.3, -0.25) is 9.59 Å². The normalized spacial score (nSPS) is 11.4. The SMILES string of the molecule is Cc1nc(-c2cccc(NC(=O)c3nn(-c4ccccc4C(F)(F)F)c(C)cc3=O)c2)cs1. The Bertz CT molecular complexity index is 1410. The Kier molecular flexibility index (Phi) is 5.86. The molecule has 168 valence electrons. The van der Waals surface area contributed by atoms with Crippen molar-refractivity contribution in [2.24, 2.45) is 0 Å². The first-order valence-corrected chi connectivity index (χ1v) is 10.6. The quantitative estimate of drug-likeness (QED) is 0.442. The van der Waals surface area contributed by atoms with Gasteiger partial charge in [0.05, 0.1) is 22.0 Å². The first kappa shape index (κ1) is 22.4. The van der Waals surface area contributed by atoms with Crippen LogP contribution < -0.4 is 10.7 Å². The number of anilines is 1. The first-order chi connectivity index (χ1) is 15.6. The molecule has 2 aromatic carbocycles. The molecule has 0 aliphatic rings. The van der Waals surface area contributed by atoms with Crippen molar-refractivity contribution in [3.05, 3.63) is 92.2 Å². The maximum Gasteiger partial charge on any atom is 0.418 e. The van der Waals surface area contributed by atoms with Gasteiger partial charge in [-0.1, -0.05) is 24.3 Å². The van der Waals surface area contributed by atoms with E-state index in [9.17, 15) is 22.8 Å². The van der Waals surface area contributed by atoms with Crippen molar-refractivity contribution in [3.63, 3.8) is 0 Å². The number of hydrogen-bond donors (Lipinski definition) is 1. The second-order valence-corrected chi connectivity index (χ2v) is 8.27. The molecule has 0 aliphatic carbocycles. The van der Waals surface area contributed by atoms with Gasteiger partial charge in [-0.2, -0.15) is 18.3 Å². The highest BCUT2D eigenvalue weighted by molar-refractivity contribution is 7.09. The van der Waals surface area contributed by atoms with Crippen LogP contribution in [0, 0.1) is 13.8 Å². The minimum absolute atomic E-state index is 0.161. The molecule has 6 nitrogen and oxygen atoms in total. The van der Waals surface area contributed by atoms with Crippen molar-refractivity contribution in [3.8, 4) is 16.9 Å². The molecule has 0 saturated carbocycles. The molecule has 2 heterocycles. The van der Waals surface area contributed by atoms with Gasteiger partial charge in [0.2, 0.25) is 5.43 Å². The molecular weight excluding hydrogens is 453 g/mol. The summed E-state index contributed by atoms with van der Waals surface area (Å²) in [5.74, 6) is -0.829. The van der Waals surface area contributed by atoms with E-state index in [-0.39, 0.29) is 11.4 Å². The average molecular weight is 470 g/mol. The molecular formula is C23H17F3N4O2S. The molecule has 0 radical (unpaired) electrons. The number of thiazole rings is 1. The molecule has 0 saturated heterocycles. The third-order valence-electron chi connectivity index (χ3n) is 4.80. The molecule has 1 amide bonds. The lowest BCUT2D eigenvalue weighted by Gasteiger charge is -2.16. The standard InChI is InChI=1S/C23H17F3N4O2S/c1-13-10-20(31)21(29-30(13)19-9-4-3-8-17(19)23(24,25)26)22(32)28-16-7-5-6-15(11-16)18-12-33-14(2)27-18/h3-12H,1-2H3,(H,28,32). The van der Waals surface area contributed by atoms with Crippen LogP contribution in [0.1, 0.15) is 26.8 Å². The van der Waals surface area contributed by atoms with Crippen LogP contribution in [0.3, 0.4) is 0 Å². The van der Waals surface area contributed by atoms with Crippen molar-refractivity contribution >= 4 is 22.9 Å². The van der Waals surface area contributed by atoms with E-state index in [1.807, 2.05) is 18.4 Å². The number of para-hydroxylation sites is 1. The molecule has 1 N–H and O–H groups in total. The van der Waals surface area contributed by atoms with Crippen LogP contribution in [-0.4, -0.2) is 20.7 Å². The lowest BCUT2D eigenvalue weighted by atomic mass is 10.1. The van der Waals surface area contributed by atoms with Crippen LogP contribution in [0.5, 0.6) is 0 Å². The summed E-state index contributed by atoms with van der Waals surface area (Å²) in [6, 6.07) is 12.8. The van der Waals surface area contributed by atoms with Gasteiger partial charge in [0.15, 0.2) is 5.69 Å². The summed E-state index contributed by atoms with van der Waals surface area (Å²) in [7, 11) is 0. The van der Waals surface area contributed by atoms with Crippen molar-refractivity contribution < 1.29 is 18.0 Å².